The lowest BCUT2D eigenvalue weighted by molar-refractivity contribution is -0.138. The van der Waals surface area contributed by atoms with Crippen LogP contribution in [0.1, 0.15) is 131 Å². The Bertz CT molecular complexity index is 5130. The zero-order chi connectivity index (χ0) is 86.5. The second-order valence-corrected chi connectivity index (χ2v) is 23.4. The first-order chi connectivity index (χ1) is 53.9. The summed E-state index contributed by atoms with van der Waals surface area (Å²) < 4.78 is 292. The van der Waals surface area contributed by atoms with Crippen LogP contribution in [0, 0.1) is 18.6 Å². The van der Waals surface area contributed by atoms with Gasteiger partial charge in [0.2, 0.25) is 11.8 Å². The van der Waals surface area contributed by atoms with Crippen LogP contribution in [0.5, 0.6) is 0 Å². The van der Waals surface area contributed by atoms with Crippen LogP contribution in [0.25, 0.3) is 22.3 Å². The van der Waals surface area contributed by atoms with E-state index in [1.165, 1.54) is 33.7 Å². The topological polar surface area (TPSA) is 117 Å². The molecular weight excluding hydrogens is 1270 g/mol. The molecule has 2 aromatic heterocycles. The summed E-state index contributed by atoms with van der Waals surface area (Å²) in [6.45, 7) is 3.32. The van der Waals surface area contributed by atoms with Crippen molar-refractivity contribution in [3.05, 3.63) is 233 Å². The van der Waals surface area contributed by atoms with Crippen LogP contribution in [-0.4, -0.2) is 103 Å². The van der Waals surface area contributed by atoms with Crippen LogP contribution in [0.15, 0.2) is 159 Å². The molecule has 0 N–H and O–H groups in total. The van der Waals surface area contributed by atoms with E-state index in [1.807, 2.05) is 13.8 Å². The van der Waals surface area contributed by atoms with E-state index in [-0.39, 0.29) is 52.7 Å². The first kappa shape index (κ1) is 47.9. The van der Waals surface area contributed by atoms with Crippen LogP contribution in [0.4, 0.5) is 35.1 Å². The van der Waals surface area contributed by atoms with Crippen molar-refractivity contribution in [2.75, 3.05) is 52.4 Å². The van der Waals surface area contributed by atoms with E-state index in [1.54, 1.807) is 55.1 Å². The van der Waals surface area contributed by atoms with Crippen LogP contribution in [-0.2, 0) is 85.1 Å². The molecule has 6 aromatic carbocycles. The lowest BCUT2D eigenvalue weighted by atomic mass is 9.98. The van der Waals surface area contributed by atoms with Crippen molar-refractivity contribution < 1.29 is 73.5 Å². The molecule has 95 heavy (non-hydrogen) atoms. The number of carbonyl (C=O) groups is 2. The maximum Gasteiger partial charge on any atom is 0.416 e. The van der Waals surface area contributed by atoms with Gasteiger partial charge in [-0.15, -0.1) is 0 Å². The molecule has 0 saturated carbocycles. The highest BCUT2D eigenvalue weighted by molar-refractivity contribution is 7.98. The Balaban J connectivity index is 0.000000278. The van der Waals surface area contributed by atoms with Crippen molar-refractivity contribution in [2.24, 2.45) is 0 Å². The monoisotopic (exact) mass is 1370 g/mol. The number of thioether (sulfide) groups is 2. The Morgan fingerprint density at radius 1 is 0.547 bits per heavy atom. The molecule has 2 aliphatic carbocycles. The number of halogens is 8. The van der Waals surface area contributed by atoms with Gasteiger partial charge in [0, 0.05) is 81.5 Å². The molecule has 0 spiro atoms. The average Bonchev–Trinajstić information content (AvgIpc) is 1.51. The molecule has 0 fully saturated rings. The van der Waals surface area contributed by atoms with E-state index >= 15 is 0 Å². The third kappa shape index (κ3) is 19.0. The number of likely N-dealkylation sites (N-methyl/N-ethyl adjacent to an activating group) is 2. The Morgan fingerprint density at radius 2 is 1.04 bits per heavy atom. The van der Waals surface area contributed by atoms with Gasteiger partial charge in [0.1, 0.15) is 24.6 Å². The number of carbonyl (C=O) groups excluding carboxylic acids is 2. The Kier molecular flexibility index (Phi) is 16.5. The lowest BCUT2D eigenvalue weighted by Gasteiger charge is -2.28. The van der Waals surface area contributed by atoms with E-state index in [0.717, 1.165) is 49.5 Å². The zero-order valence-electron chi connectivity index (χ0n) is 73.1. The second-order valence-electron chi connectivity index (χ2n) is 21.5. The predicted molar refractivity (Wildman–Crippen MR) is 358 cm³/mol. The van der Waals surface area contributed by atoms with E-state index in [2.05, 4.69) is 14.9 Å². The van der Waals surface area contributed by atoms with Crippen LogP contribution >= 0.6 is 23.5 Å². The zero-order valence-corrected chi connectivity index (χ0v) is 53.7. The number of nitrogens with zero attached hydrogens (tertiary/aromatic N) is 8. The van der Waals surface area contributed by atoms with E-state index in [0.29, 0.717) is 71.7 Å². The summed E-state index contributed by atoms with van der Waals surface area (Å²) in [6.07, 6.45) is -18.9. The molecule has 0 saturated heterocycles. The van der Waals surface area contributed by atoms with Gasteiger partial charge in [0.15, 0.2) is 10.3 Å². The molecule has 0 aliphatic heterocycles. The third-order valence-corrected chi connectivity index (χ3v) is 17.4. The molecular formula is C73H78F8N8O4S2. The molecule has 8 aromatic rings. The molecule has 2 amide bonds. The number of aromatic nitrogens is 4. The minimum atomic E-state index is -5.18. The summed E-state index contributed by atoms with van der Waals surface area (Å²) in [5.41, 5.74) is -7.09. The third-order valence-electron chi connectivity index (χ3n) is 15.4. The van der Waals surface area contributed by atoms with Gasteiger partial charge in [-0.25, -0.2) is 8.78 Å². The van der Waals surface area contributed by atoms with Crippen molar-refractivity contribution in [3.8, 4) is 22.3 Å². The first-order valence-electron chi connectivity index (χ1n) is 40.6. The smallest absolute Gasteiger partial charge is 0.336 e. The maximum atomic E-state index is 15.0. The van der Waals surface area contributed by atoms with E-state index in [4.69, 9.17) is 23.3 Å². The van der Waals surface area contributed by atoms with Gasteiger partial charge in [-0.05, 0) is 164 Å². The molecule has 502 valence electrons. The predicted octanol–water partition coefficient (Wildman–Crippen LogP) is 14.7. The Labute approximate surface area is 586 Å². The fourth-order valence-corrected chi connectivity index (χ4v) is 11.8. The van der Waals surface area contributed by atoms with Crippen molar-refractivity contribution in [1.29, 1.82) is 0 Å². The molecule has 10 rings (SSSR count). The van der Waals surface area contributed by atoms with Crippen molar-refractivity contribution in [3.63, 3.8) is 0 Å². The van der Waals surface area contributed by atoms with Gasteiger partial charge in [-0.1, -0.05) is 148 Å². The molecule has 0 radical (unpaired) electrons. The van der Waals surface area contributed by atoms with Gasteiger partial charge in [-0.3, -0.25) is 19.2 Å². The normalized spacial score (nSPS) is 17.9. The van der Waals surface area contributed by atoms with Crippen molar-refractivity contribution in [1.82, 2.24) is 38.7 Å². The molecule has 2 heterocycles. The van der Waals surface area contributed by atoms with Gasteiger partial charge < -0.3 is 28.7 Å². The number of alkyl halides is 6. The maximum absolute atomic E-state index is 15.0. The number of amides is 2. The SMILES string of the molecule is [2H]C([2H])(C(=O)N(CCN(CC)CC)Cc1ccc(-c2ccc(C(F)(F)F)cc2)cc1)n1c(SCc2ccc(F)cc2)nc(=O)c2c1CCC2.[2H]c1c([2H])c(CSc2nc(=O)c3c(n2C([2H])([2H])C(=O)N(CCN(CC)CC)Cc2c([2H])c([2H])c(-c4c([2H])c([2H])c(C(F)(F)F)c(C)c4[2H])c([2H])c2[2H])C([2H])([2H])C([2H])([2H])C3([2H])[2H])c([2H])c([2H])c1F. The van der Waals surface area contributed by atoms with Crippen molar-refractivity contribution >= 4 is 35.3 Å². The highest BCUT2D eigenvalue weighted by atomic mass is 32.2. The summed E-state index contributed by atoms with van der Waals surface area (Å²) in [7, 11) is 0. The largest absolute Gasteiger partial charge is 0.416 e. The standard InChI is InChI=1S/C37H40F4N4O2S.C36H38F4N4O2S/c1-4-43(5-2)19-20-44(22-26-9-13-28(14-10-26)29-15-18-32(25(3)21-29)37(39,40)41)34(46)23-45-33-8-6-7-31(33)35(47)42-36(45)48-24-27-11-16-30(38)17-12-27;1-3-42(4-2)20-21-43(22-25-8-12-27(13-9-25)28-14-16-29(17-15-28)36(38,39)40)33(45)23-44-32-7-5-6-31(32)34(46)41-35(44)47-24-26-10-18-30(37)19-11-26/h9-18,21H,4-8,19-20,22-24H2,1-3H3;8-19H,3-7,20-24H2,1-2H3/i6D2,7D2,8D2,9D,10D,11D,12D,13D,14D,15D,16D,17D,18D,21D,23D2;23D2. The minimum Gasteiger partial charge on any atom is -0.336 e. The Morgan fingerprint density at radius 3 is 1.59 bits per heavy atom. The first-order valence-corrected chi connectivity index (χ1v) is 32.0. The van der Waals surface area contributed by atoms with Gasteiger partial charge in [-0.2, -0.15) is 36.3 Å². The quantitative estimate of drug-likeness (QED) is 0.0295. The number of hydrogen-bond donors (Lipinski definition) is 0. The van der Waals surface area contributed by atoms with Crippen LogP contribution in [0.3, 0.4) is 0 Å². The summed E-state index contributed by atoms with van der Waals surface area (Å²) >= 11 is 1.33. The second kappa shape index (κ2) is 32.7. The molecule has 22 heteroatoms. The van der Waals surface area contributed by atoms with E-state index in [9.17, 15) is 59.8 Å². The molecule has 2 aliphatic rings. The Hall–Kier alpha value is -7.92. The molecule has 0 bridgehead atoms. The molecule has 0 atom stereocenters. The van der Waals surface area contributed by atoms with Gasteiger partial charge in [0.25, 0.3) is 11.1 Å². The molecule has 0 unspecified atom stereocenters. The number of benzene rings is 6. The number of fused-ring (bicyclic) bond motifs is 2. The fourth-order valence-electron chi connectivity index (χ4n) is 10.0. The minimum absolute atomic E-state index is 0.0814. The van der Waals surface area contributed by atoms with Gasteiger partial charge in [0.05, 0.1) is 31.7 Å². The number of hydrogen-bond acceptors (Lipinski definition) is 10. The summed E-state index contributed by atoms with van der Waals surface area (Å²) in [4.78, 5) is 69.9. The van der Waals surface area contributed by atoms with Crippen LogP contribution < -0.4 is 11.1 Å². The summed E-state index contributed by atoms with van der Waals surface area (Å²) in [5.74, 6) is -4.90. The summed E-state index contributed by atoms with van der Waals surface area (Å²) in [5, 5.41) is -0.895. The van der Waals surface area contributed by atoms with Crippen LogP contribution in [0.2, 0.25) is 0 Å². The van der Waals surface area contributed by atoms with Gasteiger partial charge >= 0.3 is 12.4 Å². The highest BCUT2D eigenvalue weighted by Gasteiger charge is 2.33. The average molecular weight is 1370 g/mol. The summed E-state index contributed by atoms with van der Waals surface area (Å²) in [6, 6.07) is 6.15. The number of rotatable bonds is 26. The highest BCUT2D eigenvalue weighted by Crippen LogP contribution is 2.36. The fraction of sp³-hybridized carbons (Fsp3) is 0.370. The van der Waals surface area contributed by atoms with E-state index < -0.39 is 214 Å². The lowest BCUT2D eigenvalue weighted by Crippen LogP contribution is -2.40. The molecule has 12 nitrogen and oxygen atoms in total. The van der Waals surface area contributed by atoms with Crippen molar-refractivity contribution in [2.45, 2.75) is 133 Å².